The molecule has 1 heterocycles. The van der Waals surface area contributed by atoms with Gasteiger partial charge in [-0.1, -0.05) is 31.2 Å². The number of nitrogens with zero attached hydrogens (tertiary/aromatic N) is 2. The number of nitrogen functional groups attached to an aromatic ring is 1. The van der Waals surface area contributed by atoms with Crippen LogP contribution in [0, 0.1) is 0 Å². The van der Waals surface area contributed by atoms with E-state index in [1.807, 2.05) is 4.90 Å². The smallest absolute Gasteiger partial charge is 0.273 e. The summed E-state index contributed by atoms with van der Waals surface area (Å²) in [5.41, 5.74) is 8.57. The summed E-state index contributed by atoms with van der Waals surface area (Å²) < 4.78 is 0. The lowest BCUT2D eigenvalue weighted by molar-refractivity contribution is 0.0725. The second kappa shape index (κ2) is 5.85. The highest BCUT2D eigenvalue weighted by Gasteiger charge is 2.33. The standard InChI is InChI=1S/C16H19N3OS/c1-2-11-3-5-12(6-4-11)9-19(13-7-8-13)15(20)14-10-21-16(17)18-14/h3-6,10,13H,2,7-9H2,1H3,(H2,17,18). The van der Waals surface area contributed by atoms with Gasteiger partial charge in [0.15, 0.2) is 5.13 Å². The summed E-state index contributed by atoms with van der Waals surface area (Å²) >= 11 is 1.31. The van der Waals surface area contributed by atoms with E-state index >= 15 is 0 Å². The van der Waals surface area contributed by atoms with Gasteiger partial charge in [-0.3, -0.25) is 4.79 Å². The summed E-state index contributed by atoms with van der Waals surface area (Å²) in [5, 5.41) is 2.19. The van der Waals surface area contributed by atoms with Crippen molar-refractivity contribution in [3.63, 3.8) is 0 Å². The fourth-order valence-electron chi connectivity index (χ4n) is 2.36. The molecular weight excluding hydrogens is 282 g/mol. The Morgan fingerprint density at radius 1 is 1.33 bits per heavy atom. The summed E-state index contributed by atoms with van der Waals surface area (Å²) in [4.78, 5) is 18.6. The van der Waals surface area contributed by atoms with Crippen LogP contribution in [0.25, 0.3) is 0 Å². The minimum Gasteiger partial charge on any atom is -0.375 e. The van der Waals surface area contributed by atoms with E-state index in [0.717, 1.165) is 24.8 Å². The first-order valence-electron chi connectivity index (χ1n) is 7.27. The van der Waals surface area contributed by atoms with Crippen LogP contribution >= 0.6 is 11.3 Å². The quantitative estimate of drug-likeness (QED) is 0.923. The molecule has 0 spiro atoms. The molecule has 1 aliphatic rings. The molecular formula is C16H19N3OS. The molecule has 1 aromatic carbocycles. The number of rotatable bonds is 5. The molecule has 21 heavy (non-hydrogen) atoms. The predicted octanol–water partition coefficient (Wildman–Crippen LogP) is 3.09. The second-order valence-electron chi connectivity index (χ2n) is 5.41. The highest BCUT2D eigenvalue weighted by Crippen LogP contribution is 2.30. The Bertz CT molecular complexity index is 631. The molecule has 4 nitrogen and oxygen atoms in total. The van der Waals surface area contributed by atoms with E-state index in [0.29, 0.717) is 23.4 Å². The van der Waals surface area contributed by atoms with E-state index in [4.69, 9.17) is 5.73 Å². The number of aryl methyl sites for hydroxylation is 1. The van der Waals surface area contributed by atoms with Crippen LogP contribution in [0.2, 0.25) is 0 Å². The van der Waals surface area contributed by atoms with E-state index in [2.05, 4.69) is 36.2 Å². The van der Waals surface area contributed by atoms with Crippen molar-refractivity contribution < 1.29 is 4.79 Å². The van der Waals surface area contributed by atoms with Gasteiger partial charge in [0, 0.05) is 18.0 Å². The Hall–Kier alpha value is -1.88. The van der Waals surface area contributed by atoms with Gasteiger partial charge in [-0.15, -0.1) is 11.3 Å². The van der Waals surface area contributed by atoms with Gasteiger partial charge in [-0.2, -0.15) is 0 Å². The lowest BCUT2D eigenvalue weighted by Gasteiger charge is -2.21. The van der Waals surface area contributed by atoms with Crippen molar-refractivity contribution in [1.82, 2.24) is 9.88 Å². The maximum Gasteiger partial charge on any atom is 0.273 e. The maximum atomic E-state index is 12.6. The summed E-state index contributed by atoms with van der Waals surface area (Å²) in [6.45, 7) is 2.78. The van der Waals surface area contributed by atoms with Crippen LogP contribution in [0.5, 0.6) is 0 Å². The average molecular weight is 301 g/mol. The van der Waals surface area contributed by atoms with E-state index in [9.17, 15) is 4.79 Å². The Kier molecular flexibility index (Phi) is 3.92. The van der Waals surface area contributed by atoms with E-state index < -0.39 is 0 Å². The van der Waals surface area contributed by atoms with Crippen LogP contribution in [0.3, 0.4) is 0 Å². The van der Waals surface area contributed by atoms with Crippen LogP contribution in [0.15, 0.2) is 29.6 Å². The SMILES string of the molecule is CCc1ccc(CN(C(=O)c2csc(N)n2)C2CC2)cc1. The fourth-order valence-corrected chi connectivity index (χ4v) is 2.90. The number of carbonyl (C=O) groups excluding carboxylic acids is 1. The molecule has 1 amide bonds. The molecule has 1 aliphatic carbocycles. The molecule has 110 valence electrons. The minimum atomic E-state index is -0.00924. The van der Waals surface area contributed by atoms with E-state index in [1.54, 1.807) is 5.38 Å². The number of anilines is 1. The number of hydrogen-bond donors (Lipinski definition) is 1. The molecule has 2 aromatic rings. The first-order chi connectivity index (χ1) is 10.2. The first-order valence-corrected chi connectivity index (χ1v) is 8.15. The molecule has 0 atom stereocenters. The molecule has 5 heteroatoms. The maximum absolute atomic E-state index is 12.6. The van der Waals surface area contributed by atoms with Gasteiger partial charge in [-0.25, -0.2) is 4.98 Å². The van der Waals surface area contributed by atoms with Crippen LogP contribution in [-0.4, -0.2) is 21.8 Å². The van der Waals surface area contributed by atoms with Gasteiger partial charge in [-0.05, 0) is 30.4 Å². The van der Waals surface area contributed by atoms with Gasteiger partial charge in [0.2, 0.25) is 0 Å². The third-order valence-corrected chi connectivity index (χ3v) is 4.45. The van der Waals surface area contributed by atoms with Crippen LogP contribution < -0.4 is 5.73 Å². The van der Waals surface area contributed by atoms with Crippen LogP contribution in [-0.2, 0) is 13.0 Å². The van der Waals surface area contributed by atoms with E-state index in [-0.39, 0.29) is 5.91 Å². The Labute approximate surface area is 128 Å². The molecule has 0 unspecified atom stereocenters. The van der Waals surface area contributed by atoms with Crippen molar-refractivity contribution in [2.45, 2.75) is 38.8 Å². The zero-order chi connectivity index (χ0) is 14.8. The Morgan fingerprint density at radius 3 is 2.52 bits per heavy atom. The van der Waals surface area contributed by atoms with Crippen molar-refractivity contribution in [2.24, 2.45) is 0 Å². The number of thiazole rings is 1. The lowest BCUT2D eigenvalue weighted by Crippen LogP contribution is -2.32. The van der Waals surface area contributed by atoms with E-state index in [1.165, 1.54) is 16.9 Å². The fraction of sp³-hybridized carbons (Fsp3) is 0.375. The zero-order valence-electron chi connectivity index (χ0n) is 12.1. The topological polar surface area (TPSA) is 59.2 Å². The average Bonchev–Trinajstić information content (AvgIpc) is 3.26. The molecule has 0 aliphatic heterocycles. The van der Waals surface area contributed by atoms with Gasteiger partial charge in [0.25, 0.3) is 5.91 Å². The molecule has 1 fully saturated rings. The monoisotopic (exact) mass is 301 g/mol. The van der Waals surface area contributed by atoms with Gasteiger partial charge >= 0.3 is 0 Å². The highest BCUT2D eigenvalue weighted by molar-refractivity contribution is 7.13. The number of amides is 1. The molecule has 2 N–H and O–H groups in total. The summed E-state index contributed by atoms with van der Waals surface area (Å²) in [6, 6.07) is 8.83. The Balaban J connectivity index is 1.76. The molecule has 3 rings (SSSR count). The summed E-state index contributed by atoms with van der Waals surface area (Å²) in [6.07, 6.45) is 3.19. The highest BCUT2D eigenvalue weighted by atomic mass is 32.1. The number of nitrogens with two attached hydrogens (primary N) is 1. The lowest BCUT2D eigenvalue weighted by atomic mass is 10.1. The van der Waals surface area contributed by atoms with Crippen LogP contribution in [0.1, 0.15) is 41.4 Å². The van der Waals surface area contributed by atoms with Gasteiger partial charge < -0.3 is 10.6 Å². The molecule has 0 saturated heterocycles. The van der Waals surface area contributed by atoms with Crippen molar-refractivity contribution in [2.75, 3.05) is 5.73 Å². The number of hydrogen-bond acceptors (Lipinski definition) is 4. The summed E-state index contributed by atoms with van der Waals surface area (Å²) in [7, 11) is 0. The number of aromatic nitrogens is 1. The predicted molar refractivity (Wildman–Crippen MR) is 85.2 cm³/mol. The molecule has 0 radical (unpaired) electrons. The zero-order valence-corrected chi connectivity index (χ0v) is 12.9. The molecule has 1 aromatic heterocycles. The number of carbonyl (C=O) groups is 1. The minimum absolute atomic E-state index is 0.00924. The number of benzene rings is 1. The summed E-state index contributed by atoms with van der Waals surface area (Å²) in [5.74, 6) is -0.00924. The Morgan fingerprint density at radius 2 is 2.00 bits per heavy atom. The third kappa shape index (κ3) is 3.24. The second-order valence-corrected chi connectivity index (χ2v) is 6.29. The van der Waals surface area contributed by atoms with Crippen molar-refractivity contribution >= 4 is 22.4 Å². The first kappa shape index (κ1) is 14.1. The molecule has 1 saturated carbocycles. The van der Waals surface area contributed by atoms with Gasteiger partial charge in [0.05, 0.1) is 0 Å². The molecule has 0 bridgehead atoms. The van der Waals surface area contributed by atoms with Crippen molar-refractivity contribution in [3.8, 4) is 0 Å². The van der Waals surface area contributed by atoms with Gasteiger partial charge in [0.1, 0.15) is 5.69 Å². The van der Waals surface area contributed by atoms with Crippen LogP contribution in [0.4, 0.5) is 5.13 Å². The van der Waals surface area contributed by atoms with Crippen molar-refractivity contribution in [3.05, 3.63) is 46.5 Å². The van der Waals surface area contributed by atoms with Crippen molar-refractivity contribution in [1.29, 1.82) is 0 Å². The third-order valence-electron chi connectivity index (χ3n) is 3.77. The normalized spacial score (nSPS) is 14.1. The largest absolute Gasteiger partial charge is 0.375 e.